The smallest absolute Gasteiger partial charge is 0.261 e. The van der Waals surface area contributed by atoms with Crippen LogP contribution in [0.25, 0.3) is 0 Å². The molecule has 1 unspecified atom stereocenters. The Labute approximate surface area is 201 Å². The Hall–Kier alpha value is -3.69. The second-order valence-corrected chi connectivity index (χ2v) is 9.56. The van der Waals surface area contributed by atoms with Crippen LogP contribution < -0.4 is 10.0 Å². The molecular formula is C24H20ClFN4O3S. The van der Waals surface area contributed by atoms with Crippen LogP contribution in [0.5, 0.6) is 0 Å². The number of carbonyl (C=O) groups is 1. The van der Waals surface area contributed by atoms with Crippen LogP contribution in [0, 0.1) is 5.82 Å². The summed E-state index contributed by atoms with van der Waals surface area (Å²) in [4.78, 5) is 17.3. The van der Waals surface area contributed by atoms with E-state index in [1.165, 1.54) is 42.5 Å². The van der Waals surface area contributed by atoms with Crippen LogP contribution in [-0.4, -0.2) is 23.9 Å². The van der Waals surface area contributed by atoms with Crippen molar-refractivity contribution in [2.75, 3.05) is 4.72 Å². The molecule has 1 heterocycles. The number of rotatable bonds is 7. The van der Waals surface area contributed by atoms with Crippen molar-refractivity contribution in [2.24, 2.45) is 7.05 Å². The molecule has 0 fully saturated rings. The summed E-state index contributed by atoms with van der Waals surface area (Å²) in [5, 5.41) is 3.12. The fourth-order valence-electron chi connectivity index (χ4n) is 3.37. The van der Waals surface area contributed by atoms with Crippen molar-refractivity contribution in [3.8, 4) is 0 Å². The maximum atomic E-state index is 13.5. The monoisotopic (exact) mass is 498 g/mol. The molecule has 0 saturated carbocycles. The molecule has 0 bridgehead atoms. The average molecular weight is 499 g/mol. The third kappa shape index (κ3) is 5.11. The number of amides is 1. The van der Waals surface area contributed by atoms with Gasteiger partial charge in [0, 0.05) is 25.0 Å². The zero-order valence-corrected chi connectivity index (χ0v) is 19.5. The summed E-state index contributed by atoms with van der Waals surface area (Å²) in [5.41, 5.74) is 0.974. The number of imidazole rings is 1. The minimum absolute atomic E-state index is 0.101. The fourth-order valence-corrected chi connectivity index (χ4v) is 4.74. The number of aryl methyl sites for hydroxylation is 1. The van der Waals surface area contributed by atoms with E-state index in [1.54, 1.807) is 54.3 Å². The SMILES string of the molecule is Cn1ccnc1C(NC(=O)c1cccc(S(=O)(=O)Nc2ccccc2Cl)c1)c1ccc(F)cc1. The van der Waals surface area contributed by atoms with E-state index in [-0.39, 0.29) is 21.2 Å². The van der Waals surface area contributed by atoms with Crippen molar-refractivity contribution in [2.45, 2.75) is 10.9 Å². The van der Waals surface area contributed by atoms with Gasteiger partial charge in [0.25, 0.3) is 15.9 Å². The summed E-state index contributed by atoms with van der Waals surface area (Å²) in [7, 11) is -2.22. The number of hydrogen-bond acceptors (Lipinski definition) is 4. The lowest BCUT2D eigenvalue weighted by Gasteiger charge is -2.19. The van der Waals surface area contributed by atoms with E-state index in [4.69, 9.17) is 11.6 Å². The molecule has 1 amide bonds. The molecule has 0 aliphatic heterocycles. The van der Waals surface area contributed by atoms with Crippen LogP contribution in [0.3, 0.4) is 0 Å². The van der Waals surface area contributed by atoms with Gasteiger partial charge in [0.1, 0.15) is 17.7 Å². The zero-order chi connectivity index (χ0) is 24.3. The van der Waals surface area contributed by atoms with Crippen molar-refractivity contribution < 1.29 is 17.6 Å². The Balaban J connectivity index is 1.62. The first-order chi connectivity index (χ1) is 16.2. The second kappa shape index (κ2) is 9.66. The Morgan fingerprint density at radius 2 is 1.79 bits per heavy atom. The van der Waals surface area contributed by atoms with Crippen molar-refractivity contribution in [1.82, 2.24) is 14.9 Å². The highest BCUT2D eigenvalue weighted by Crippen LogP contribution is 2.25. The van der Waals surface area contributed by atoms with Gasteiger partial charge in [-0.3, -0.25) is 9.52 Å². The molecule has 3 aromatic carbocycles. The molecule has 4 aromatic rings. The molecule has 0 aliphatic carbocycles. The van der Waals surface area contributed by atoms with Gasteiger partial charge in [0.2, 0.25) is 0 Å². The van der Waals surface area contributed by atoms with E-state index in [9.17, 15) is 17.6 Å². The molecule has 10 heteroatoms. The fraction of sp³-hybridized carbons (Fsp3) is 0.0833. The quantitative estimate of drug-likeness (QED) is 0.391. The number of para-hydroxylation sites is 1. The molecule has 7 nitrogen and oxygen atoms in total. The Morgan fingerprint density at radius 3 is 2.47 bits per heavy atom. The minimum atomic E-state index is -4.00. The molecular weight excluding hydrogens is 479 g/mol. The van der Waals surface area contributed by atoms with Crippen LogP contribution in [0.1, 0.15) is 27.8 Å². The van der Waals surface area contributed by atoms with Crippen LogP contribution in [0.15, 0.2) is 90.1 Å². The highest BCUT2D eigenvalue weighted by molar-refractivity contribution is 7.92. The summed E-state index contributed by atoms with van der Waals surface area (Å²) in [5.74, 6) is -0.395. The molecule has 34 heavy (non-hydrogen) atoms. The first-order valence-corrected chi connectivity index (χ1v) is 12.0. The Morgan fingerprint density at radius 1 is 1.06 bits per heavy atom. The number of benzene rings is 3. The maximum absolute atomic E-state index is 13.5. The second-order valence-electron chi connectivity index (χ2n) is 7.47. The maximum Gasteiger partial charge on any atom is 0.261 e. The van der Waals surface area contributed by atoms with E-state index in [1.807, 2.05) is 0 Å². The zero-order valence-electron chi connectivity index (χ0n) is 17.9. The average Bonchev–Trinajstić information content (AvgIpc) is 3.25. The first-order valence-electron chi connectivity index (χ1n) is 10.2. The molecule has 0 aliphatic rings. The van der Waals surface area contributed by atoms with Gasteiger partial charge in [-0.15, -0.1) is 0 Å². The van der Waals surface area contributed by atoms with Crippen LogP contribution in [0.4, 0.5) is 10.1 Å². The molecule has 0 spiro atoms. The molecule has 174 valence electrons. The Bertz CT molecular complexity index is 1440. The van der Waals surface area contributed by atoms with Crippen LogP contribution in [-0.2, 0) is 17.1 Å². The van der Waals surface area contributed by atoms with Gasteiger partial charge in [-0.05, 0) is 48.0 Å². The van der Waals surface area contributed by atoms with E-state index < -0.39 is 27.8 Å². The summed E-state index contributed by atoms with van der Waals surface area (Å²) >= 11 is 6.06. The van der Waals surface area contributed by atoms with Crippen LogP contribution >= 0.6 is 11.6 Å². The van der Waals surface area contributed by atoms with Gasteiger partial charge in [-0.1, -0.05) is 41.9 Å². The van der Waals surface area contributed by atoms with E-state index >= 15 is 0 Å². The number of carbonyl (C=O) groups excluding carboxylic acids is 1. The van der Waals surface area contributed by atoms with E-state index in [0.29, 0.717) is 11.4 Å². The van der Waals surface area contributed by atoms with Crippen molar-refractivity contribution in [3.05, 3.63) is 113 Å². The lowest BCUT2D eigenvalue weighted by molar-refractivity contribution is 0.0941. The standard InChI is InChI=1S/C24H20ClFN4O3S/c1-30-14-13-27-23(30)22(16-9-11-18(26)12-10-16)28-24(31)17-5-4-6-19(15-17)34(32,33)29-21-8-3-2-7-20(21)25/h2-15,22,29H,1H3,(H,28,31). The predicted octanol–water partition coefficient (Wildman–Crippen LogP) is 4.53. The number of aromatic nitrogens is 2. The van der Waals surface area contributed by atoms with E-state index in [0.717, 1.165) is 0 Å². The number of hydrogen-bond donors (Lipinski definition) is 2. The van der Waals surface area contributed by atoms with Crippen molar-refractivity contribution in [1.29, 1.82) is 0 Å². The van der Waals surface area contributed by atoms with E-state index in [2.05, 4.69) is 15.0 Å². The molecule has 0 radical (unpaired) electrons. The highest BCUT2D eigenvalue weighted by atomic mass is 35.5. The van der Waals surface area contributed by atoms with Gasteiger partial charge < -0.3 is 9.88 Å². The van der Waals surface area contributed by atoms with Gasteiger partial charge in [0.15, 0.2) is 0 Å². The largest absolute Gasteiger partial charge is 0.338 e. The van der Waals surface area contributed by atoms with Gasteiger partial charge in [-0.2, -0.15) is 0 Å². The third-order valence-corrected chi connectivity index (χ3v) is 6.81. The van der Waals surface area contributed by atoms with Crippen LogP contribution in [0.2, 0.25) is 5.02 Å². The Kier molecular flexibility index (Phi) is 6.67. The summed E-state index contributed by atoms with van der Waals surface area (Å²) in [6.07, 6.45) is 3.32. The normalized spacial score (nSPS) is 12.2. The number of nitrogens with one attached hydrogen (secondary N) is 2. The lowest BCUT2D eigenvalue weighted by Crippen LogP contribution is -2.31. The lowest BCUT2D eigenvalue weighted by atomic mass is 10.1. The number of nitrogens with zero attached hydrogens (tertiary/aromatic N) is 2. The molecule has 2 N–H and O–H groups in total. The minimum Gasteiger partial charge on any atom is -0.338 e. The number of halogens is 2. The molecule has 1 atom stereocenters. The summed E-state index contributed by atoms with van der Waals surface area (Å²) < 4.78 is 43.4. The number of sulfonamides is 1. The summed E-state index contributed by atoms with van der Waals surface area (Å²) in [6.45, 7) is 0. The summed E-state index contributed by atoms with van der Waals surface area (Å²) in [6, 6.07) is 17.1. The van der Waals surface area contributed by atoms with Gasteiger partial charge in [0.05, 0.1) is 15.6 Å². The predicted molar refractivity (Wildman–Crippen MR) is 128 cm³/mol. The molecule has 0 saturated heterocycles. The first kappa shape index (κ1) is 23.5. The molecule has 4 rings (SSSR count). The topological polar surface area (TPSA) is 93.1 Å². The van der Waals surface area contributed by atoms with Crippen molar-refractivity contribution in [3.63, 3.8) is 0 Å². The molecule has 1 aromatic heterocycles. The van der Waals surface area contributed by atoms with Crippen molar-refractivity contribution >= 4 is 33.2 Å². The highest BCUT2D eigenvalue weighted by Gasteiger charge is 2.23. The van der Waals surface area contributed by atoms with Gasteiger partial charge >= 0.3 is 0 Å². The third-order valence-electron chi connectivity index (χ3n) is 5.12. The van der Waals surface area contributed by atoms with Gasteiger partial charge in [-0.25, -0.2) is 17.8 Å². The number of anilines is 1.